The SMILES string of the molecule is CC1CCN(C(=O)C[C@@H]2O[C@H](CNC(=O)Nc3ccccc3)[C@@H](O)[C@H]2O)CC1. The van der Waals surface area contributed by atoms with E-state index in [9.17, 15) is 19.8 Å². The lowest BCUT2D eigenvalue weighted by atomic mass is 9.98. The zero-order valence-electron chi connectivity index (χ0n) is 16.1. The van der Waals surface area contributed by atoms with E-state index < -0.39 is 30.4 Å². The second-order valence-electron chi connectivity index (χ2n) is 7.66. The molecule has 0 unspecified atom stereocenters. The van der Waals surface area contributed by atoms with Gasteiger partial charge >= 0.3 is 6.03 Å². The highest BCUT2D eigenvalue weighted by molar-refractivity contribution is 5.89. The van der Waals surface area contributed by atoms with Crippen molar-refractivity contribution in [3.63, 3.8) is 0 Å². The highest BCUT2D eigenvalue weighted by Gasteiger charge is 2.43. The number of likely N-dealkylation sites (tertiary alicyclic amines) is 1. The molecule has 2 heterocycles. The molecule has 1 aromatic carbocycles. The van der Waals surface area contributed by atoms with Crippen LogP contribution in [0.3, 0.4) is 0 Å². The van der Waals surface area contributed by atoms with E-state index in [-0.39, 0.29) is 18.9 Å². The molecule has 2 aliphatic rings. The molecule has 0 saturated carbocycles. The van der Waals surface area contributed by atoms with Crippen LogP contribution in [0.2, 0.25) is 0 Å². The number of benzene rings is 1. The van der Waals surface area contributed by atoms with Gasteiger partial charge in [0.25, 0.3) is 0 Å². The number of urea groups is 1. The molecule has 0 bridgehead atoms. The lowest BCUT2D eigenvalue weighted by Crippen LogP contribution is -2.42. The molecule has 2 aliphatic heterocycles. The average molecular weight is 391 g/mol. The van der Waals surface area contributed by atoms with Crippen LogP contribution in [0, 0.1) is 5.92 Å². The predicted molar refractivity (Wildman–Crippen MR) is 104 cm³/mol. The molecule has 154 valence electrons. The van der Waals surface area contributed by atoms with Gasteiger partial charge < -0.3 is 30.5 Å². The maximum absolute atomic E-state index is 12.5. The van der Waals surface area contributed by atoms with Crippen molar-refractivity contribution in [2.75, 3.05) is 25.0 Å². The molecule has 0 spiro atoms. The number of hydrogen-bond donors (Lipinski definition) is 4. The molecule has 3 rings (SSSR count). The molecule has 0 radical (unpaired) electrons. The number of rotatable bonds is 5. The standard InChI is InChI=1S/C20H29N3O5/c1-13-7-9-23(10-8-13)17(24)11-15-18(25)19(26)16(28-15)12-21-20(27)22-14-5-3-2-4-6-14/h2-6,13,15-16,18-19,25-26H,7-12H2,1H3,(H2,21,22,27)/t15-,16+,18-,19+/m0/s1. The van der Waals surface area contributed by atoms with Crippen LogP contribution in [0.1, 0.15) is 26.2 Å². The Hall–Kier alpha value is -2.16. The summed E-state index contributed by atoms with van der Waals surface area (Å²) in [5.41, 5.74) is 0.646. The molecule has 1 aromatic rings. The third kappa shape index (κ3) is 5.21. The summed E-state index contributed by atoms with van der Waals surface area (Å²) in [6, 6.07) is 8.54. The lowest BCUT2D eigenvalue weighted by molar-refractivity contribution is -0.136. The Balaban J connectivity index is 1.45. The summed E-state index contributed by atoms with van der Waals surface area (Å²) in [5.74, 6) is 0.551. The van der Waals surface area contributed by atoms with Crippen molar-refractivity contribution >= 4 is 17.6 Å². The molecule has 28 heavy (non-hydrogen) atoms. The monoisotopic (exact) mass is 391 g/mol. The van der Waals surface area contributed by atoms with Gasteiger partial charge in [0.1, 0.15) is 18.3 Å². The fourth-order valence-electron chi connectivity index (χ4n) is 3.61. The van der Waals surface area contributed by atoms with E-state index >= 15 is 0 Å². The summed E-state index contributed by atoms with van der Waals surface area (Å²) < 4.78 is 5.68. The van der Waals surface area contributed by atoms with Crippen molar-refractivity contribution < 1.29 is 24.5 Å². The van der Waals surface area contributed by atoms with Crippen LogP contribution in [-0.4, -0.2) is 71.1 Å². The number of carbonyl (C=O) groups excluding carboxylic acids is 2. The van der Waals surface area contributed by atoms with Crippen LogP contribution in [0.5, 0.6) is 0 Å². The largest absolute Gasteiger partial charge is 0.388 e. The molecule has 4 atom stereocenters. The first-order valence-corrected chi connectivity index (χ1v) is 9.83. The van der Waals surface area contributed by atoms with Crippen molar-refractivity contribution in [1.29, 1.82) is 0 Å². The number of anilines is 1. The molecule has 8 nitrogen and oxygen atoms in total. The Bertz CT molecular complexity index is 663. The Morgan fingerprint density at radius 1 is 1.11 bits per heavy atom. The third-order valence-electron chi connectivity index (χ3n) is 5.47. The molecular formula is C20H29N3O5. The molecule has 2 saturated heterocycles. The van der Waals surface area contributed by atoms with Gasteiger partial charge in [-0.1, -0.05) is 25.1 Å². The minimum absolute atomic E-state index is 0.0271. The number of aliphatic hydroxyl groups is 2. The smallest absolute Gasteiger partial charge is 0.319 e. The van der Waals surface area contributed by atoms with Crippen LogP contribution in [0.15, 0.2) is 30.3 Å². The van der Waals surface area contributed by atoms with Gasteiger partial charge in [0.05, 0.1) is 12.5 Å². The van der Waals surface area contributed by atoms with Crippen LogP contribution in [-0.2, 0) is 9.53 Å². The van der Waals surface area contributed by atoms with Crippen LogP contribution in [0.4, 0.5) is 10.5 Å². The van der Waals surface area contributed by atoms with Crippen LogP contribution >= 0.6 is 0 Å². The molecule has 4 N–H and O–H groups in total. The fraction of sp³-hybridized carbons (Fsp3) is 0.600. The van der Waals surface area contributed by atoms with E-state index in [4.69, 9.17) is 4.74 Å². The maximum atomic E-state index is 12.5. The van der Waals surface area contributed by atoms with E-state index in [0.717, 1.165) is 25.9 Å². The maximum Gasteiger partial charge on any atom is 0.319 e. The summed E-state index contributed by atoms with van der Waals surface area (Å²) in [4.78, 5) is 26.2. The molecule has 8 heteroatoms. The summed E-state index contributed by atoms with van der Waals surface area (Å²) in [5, 5.41) is 25.8. The third-order valence-corrected chi connectivity index (χ3v) is 5.47. The second kappa shape index (κ2) is 9.36. The molecular weight excluding hydrogens is 362 g/mol. The fourth-order valence-corrected chi connectivity index (χ4v) is 3.61. The number of para-hydroxylation sites is 1. The number of amides is 3. The van der Waals surface area contributed by atoms with Crippen molar-refractivity contribution in [3.8, 4) is 0 Å². The van der Waals surface area contributed by atoms with Crippen LogP contribution < -0.4 is 10.6 Å². The minimum Gasteiger partial charge on any atom is -0.388 e. The number of aliphatic hydroxyl groups excluding tert-OH is 2. The zero-order chi connectivity index (χ0) is 20.1. The Labute approximate surface area is 164 Å². The highest BCUT2D eigenvalue weighted by Crippen LogP contribution is 2.25. The molecule has 3 amide bonds. The van der Waals surface area contributed by atoms with E-state index in [0.29, 0.717) is 11.6 Å². The average Bonchev–Trinajstić information content (AvgIpc) is 2.95. The van der Waals surface area contributed by atoms with Gasteiger partial charge in [-0.05, 0) is 30.9 Å². The summed E-state index contributed by atoms with van der Waals surface area (Å²) in [6.07, 6.45) is -1.87. The van der Waals surface area contributed by atoms with Gasteiger partial charge in [-0.25, -0.2) is 4.79 Å². The van der Waals surface area contributed by atoms with E-state index in [1.54, 1.807) is 29.2 Å². The van der Waals surface area contributed by atoms with Gasteiger partial charge in [0, 0.05) is 25.3 Å². The number of ether oxygens (including phenoxy) is 1. The predicted octanol–water partition coefficient (Wildman–Crippen LogP) is 0.946. The first kappa shape index (κ1) is 20.6. The van der Waals surface area contributed by atoms with Gasteiger partial charge in [-0.2, -0.15) is 0 Å². The Morgan fingerprint density at radius 3 is 2.43 bits per heavy atom. The van der Waals surface area contributed by atoms with Gasteiger partial charge in [-0.3, -0.25) is 4.79 Å². The molecule has 0 aromatic heterocycles. The number of hydrogen-bond acceptors (Lipinski definition) is 5. The highest BCUT2D eigenvalue weighted by atomic mass is 16.5. The molecule has 2 fully saturated rings. The number of nitrogens with zero attached hydrogens (tertiary/aromatic N) is 1. The number of nitrogens with one attached hydrogen (secondary N) is 2. The second-order valence-corrected chi connectivity index (χ2v) is 7.66. The van der Waals surface area contributed by atoms with Crippen LogP contribution in [0.25, 0.3) is 0 Å². The van der Waals surface area contributed by atoms with E-state index in [1.165, 1.54) is 0 Å². The number of piperidine rings is 1. The zero-order valence-corrected chi connectivity index (χ0v) is 16.1. The first-order chi connectivity index (χ1) is 13.4. The van der Waals surface area contributed by atoms with Gasteiger partial charge in [0.15, 0.2) is 0 Å². The normalized spacial score (nSPS) is 28.2. The van der Waals surface area contributed by atoms with Crippen molar-refractivity contribution in [2.45, 2.75) is 50.6 Å². The Kier molecular flexibility index (Phi) is 6.88. The van der Waals surface area contributed by atoms with Gasteiger partial charge in [0.2, 0.25) is 5.91 Å². The molecule has 0 aliphatic carbocycles. The summed E-state index contributed by atoms with van der Waals surface area (Å²) >= 11 is 0. The summed E-state index contributed by atoms with van der Waals surface area (Å²) in [7, 11) is 0. The van der Waals surface area contributed by atoms with E-state index in [1.807, 2.05) is 6.07 Å². The topological polar surface area (TPSA) is 111 Å². The quantitative estimate of drug-likeness (QED) is 0.597. The first-order valence-electron chi connectivity index (χ1n) is 9.83. The lowest BCUT2D eigenvalue weighted by Gasteiger charge is -2.31. The van der Waals surface area contributed by atoms with Crippen molar-refractivity contribution in [3.05, 3.63) is 30.3 Å². The van der Waals surface area contributed by atoms with Crippen molar-refractivity contribution in [2.24, 2.45) is 5.92 Å². The van der Waals surface area contributed by atoms with Crippen molar-refractivity contribution in [1.82, 2.24) is 10.2 Å². The van der Waals surface area contributed by atoms with Gasteiger partial charge in [-0.15, -0.1) is 0 Å². The summed E-state index contributed by atoms with van der Waals surface area (Å²) in [6.45, 7) is 3.64. The Morgan fingerprint density at radius 2 is 1.75 bits per heavy atom. The number of carbonyl (C=O) groups is 2. The van der Waals surface area contributed by atoms with E-state index in [2.05, 4.69) is 17.6 Å². The minimum atomic E-state index is -1.16.